The van der Waals surface area contributed by atoms with E-state index in [2.05, 4.69) is 21.7 Å². The second-order valence-electron chi connectivity index (χ2n) is 8.25. The summed E-state index contributed by atoms with van der Waals surface area (Å²) in [6.07, 6.45) is 2.77. The Kier molecular flexibility index (Phi) is 5.64. The number of dihydropyridines is 1. The van der Waals surface area contributed by atoms with Gasteiger partial charge in [0.2, 0.25) is 0 Å². The van der Waals surface area contributed by atoms with Gasteiger partial charge in [-0.3, -0.25) is 14.6 Å². The number of pyridine rings is 1. The molecule has 0 fully saturated rings. The fourth-order valence-electron chi connectivity index (χ4n) is 4.64. The molecule has 33 heavy (non-hydrogen) atoms. The molecule has 0 spiro atoms. The van der Waals surface area contributed by atoms with Gasteiger partial charge in [-0.2, -0.15) is 0 Å². The van der Waals surface area contributed by atoms with E-state index in [0.717, 1.165) is 5.70 Å². The van der Waals surface area contributed by atoms with Gasteiger partial charge < -0.3 is 10.6 Å². The number of halogens is 1. The van der Waals surface area contributed by atoms with Crippen LogP contribution in [0.1, 0.15) is 42.2 Å². The summed E-state index contributed by atoms with van der Waals surface area (Å²) in [4.78, 5) is 32.6. The van der Waals surface area contributed by atoms with Crippen molar-refractivity contribution in [2.24, 2.45) is 0 Å². The molecule has 5 nitrogen and oxygen atoms in total. The molecule has 0 saturated heterocycles. The average Bonchev–Trinajstić information content (AvgIpc) is 3.35. The van der Waals surface area contributed by atoms with E-state index in [1.165, 1.54) is 29.1 Å². The maximum atomic E-state index is 13.5. The van der Waals surface area contributed by atoms with E-state index in [-0.39, 0.29) is 23.4 Å². The lowest BCUT2D eigenvalue weighted by atomic mass is 9.73. The number of hydrogen-bond donors (Lipinski definition) is 2. The molecule has 1 aliphatic heterocycles. The number of Topliss-reactive ketones (excluding diaryl/α,β-unsaturated/α-hetero) is 1. The first kappa shape index (κ1) is 21.3. The summed E-state index contributed by atoms with van der Waals surface area (Å²) in [7, 11) is 0. The number of anilines is 1. The third-order valence-electron chi connectivity index (χ3n) is 6.10. The first-order valence-corrected chi connectivity index (χ1v) is 11.6. The molecule has 166 valence electrons. The zero-order valence-corrected chi connectivity index (χ0v) is 18.8. The summed E-state index contributed by atoms with van der Waals surface area (Å²) in [5.41, 5.74) is 3.72. The van der Waals surface area contributed by atoms with Crippen LogP contribution in [0, 0.1) is 5.82 Å². The van der Waals surface area contributed by atoms with E-state index in [4.69, 9.17) is 0 Å². The van der Waals surface area contributed by atoms with Gasteiger partial charge in [0.25, 0.3) is 5.91 Å². The van der Waals surface area contributed by atoms with Crippen LogP contribution in [0.2, 0.25) is 0 Å². The van der Waals surface area contributed by atoms with Crippen molar-refractivity contribution >= 4 is 28.7 Å². The Bertz CT molecular complexity index is 1260. The van der Waals surface area contributed by atoms with Gasteiger partial charge >= 0.3 is 0 Å². The van der Waals surface area contributed by atoms with Crippen LogP contribution < -0.4 is 10.6 Å². The van der Waals surface area contributed by atoms with Crippen molar-refractivity contribution in [1.82, 2.24) is 10.3 Å². The number of carbonyl (C=O) groups is 2. The minimum atomic E-state index is -0.570. The number of nitrogens with one attached hydrogen (secondary N) is 2. The molecule has 1 aliphatic carbocycles. The topological polar surface area (TPSA) is 71.1 Å². The molecule has 7 heteroatoms. The van der Waals surface area contributed by atoms with Crippen LogP contribution >= 0.6 is 11.3 Å². The van der Waals surface area contributed by atoms with Gasteiger partial charge in [0.05, 0.1) is 11.6 Å². The molecule has 2 N–H and O–H groups in total. The van der Waals surface area contributed by atoms with E-state index in [1.54, 1.807) is 17.5 Å². The second-order valence-corrected chi connectivity index (χ2v) is 9.23. The number of allylic oxidation sites excluding steroid dienone is 3. The van der Waals surface area contributed by atoms with E-state index >= 15 is 0 Å². The van der Waals surface area contributed by atoms with Crippen molar-refractivity contribution in [2.45, 2.75) is 31.6 Å². The van der Waals surface area contributed by atoms with Crippen molar-refractivity contribution in [3.8, 4) is 0 Å². The van der Waals surface area contributed by atoms with E-state index in [1.807, 2.05) is 36.6 Å². The number of hydrogen-bond acceptors (Lipinski definition) is 5. The monoisotopic (exact) mass is 459 g/mol. The number of carbonyl (C=O) groups excluding carboxylic acids is 2. The lowest BCUT2D eigenvalue weighted by Gasteiger charge is -2.36. The minimum Gasteiger partial charge on any atom is -0.362 e. The standard InChI is InChI=1S/C26H22FN3O2S/c1-15-23(26(32)30-18-9-7-17(27)8-10-18)25(19-5-2-3-11-28-19)24-20(29-15)13-16(14-21(24)31)22-6-4-12-33-22/h2-12,16,25,29H,13-14H2,1H3,(H,30,32)/t16-,25+/m1/s1. The zero-order valence-electron chi connectivity index (χ0n) is 18.0. The van der Waals surface area contributed by atoms with Gasteiger partial charge in [0.15, 0.2) is 5.78 Å². The Hall–Kier alpha value is -3.58. The quantitative estimate of drug-likeness (QED) is 0.557. The van der Waals surface area contributed by atoms with Crippen LogP contribution in [0.3, 0.4) is 0 Å². The van der Waals surface area contributed by atoms with Crippen molar-refractivity contribution < 1.29 is 14.0 Å². The summed E-state index contributed by atoms with van der Waals surface area (Å²) in [6, 6.07) is 15.2. The normalized spacial score (nSPS) is 20.4. The number of aromatic nitrogens is 1. The third kappa shape index (κ3) is 4.12. The van der Waals surface area contributed by atoms with Crippen molar-refractivity contribution in [3.63, 3.8) is 0 Å². The van der Waals surface area contributed by atoms with Gasteiger partial charge in [-0.25, -0.2) is 4.39 Å². The number of ketones is 1. The Morgan fingerprint density at radius 1 is 1.12 bits per heavy atom. The fraction of sp³-hybridized carbons (Fsp3) is 0.192. The summed E-state index contributed by atoms with van der Waals surface area (Å²) in [5.74, 6) is -1.15. The molecule has 2 aliphatic rings. The molecule has 0 radical (unpaired) electrons. The third-order valence-corrected chi connectivity index (χ3v) is 7.14. The van der Waals surface area contributed by atoms with Crippen molar-refractivity contribution in [3.05, 3.63) is 105 Å². The fourth-order valence-corrected chi connectivity index (χ4v) is 5.47. The molecular formula is C26H22FN3O2S. The first-order chi connectivity index (χ1) is 16.0. The van der Waals surface area contributed by atoms with Gasteiger partial charge in [-0.1, -0.05) is 12.1 Å². The molecular weight excluding hydrogens is 437 g/mol. The number of nitrogens with zero attached hydrogens (tertiary/aromatic N) is 1. The molecule has 5 rings (SSSR count). The maximum absolute atomic E-state index is 13.5. The molecule has 0 unspecified atom stereocenters. The Morgan fingerprint density at radius 2 is 1.94 bits per heavy atom. The summed E-state index contributed by atoms with van der Waals surface area (Å²) in [5, 5.41) is 8.23. The molecule has 0 saturated carbocycles. The number of rotatable bonds is 4. The second kappa shape index (κ2) is 8.75. The number of amides is 1. The zero-order chi connectivity index (χ0) is 22.9. The van der Waals surface area contributed by atoms with E-state index < -0.39 is 5.92 Å². The molecule has 3 aromatic rings. The van der Waals surface area contributed by atoms with Crippen LogP contribution in [0.4, 0.5) is 10.1 Å². The molecule has 2 aromatic heterocycles. The maximum Gasteiger partial charge on any atom is 0.254 e. The lowest BCUT2D eigenvalue weighted by Crippen LogP contribution is -2.37. The van der Waals surface area contributed by atoms with Crippen LogP contribution in [-0.2, 0) is 9.59 Å². The highest BCUT2D eigenvalue weighted by Crippen LogP contribution is 2.45. The lowest BCUT2D eigenvalue weighted by molar-refractivity contribution is -0.116. The van der Waals surface area contributed by atoms with Gasteiger partial charge in [0.1, 0.15) is 5.82 Å². The highest BCUT2D eigenvalue weighted by Gasteiger charge is 2.41. The minimum absolute atomic E-state index is 0.0254. The smallest absolute Gasteiger partial charge is 0.254 e. The Labute approximate surface area is 195 Å². The van der Waals surface area contributed by atoms with Crippen LogP contribution in [0.5, 0.6) is 0 Å². The van der Waals surface area contributed by atoms with E-state index in [0.29, 0.717) is 41.1 Å². The molecule has 1 amide bonds. The van der Waals surface area contributed by atoms with Crippen LogP contribution in [0.25, 0.3) is 0 Å². The Morgan fingerprint density at radius 3 is 2.64 bits per heavy atom. The average molecular weight is 460 g/mol. The highest BCUT2D eigenvalue weighted by molar-refractivity contribution is 7.10. The number of thiophene rings is 1. The van der Waals surface area contributed by atoms with Crippen molar-refractivity contribution in [1.29, 1.82) is 0 Å². The highest BCUT2D eigenvalue weighted by atomic mass is 32.1. The van der Waals surface area contributed by atoms with Gasteiger partial charge in [0, 0.05) is 51.6 Å². The number of benzene rings is 1. The van der Waals surface area contributed by atoms with Gasteiger partial charge in [-0.05, 0) is 61.2 Å². The Balaban J connectivity index is 1.54. The largest absolute Gasteiger partial charge is 0.362 e. The summed E-state index contributed by atoms with van der Waals surface area (Å²) < 4.78 is 13.3. The van der Waals surface area contributed by atoms with Gasteiger partial charge in [-0.15, -0.1) is 11.3 Å². The molecule has 0 bridgehead atoms. The molecule has 2 atom stereocenters. The first-order valence-electron chi connectivity index (χ1n) is 10.8. The summed E-state index contributed by atoms with van der Waals surface area (Å²) in [6.45, 7) is 1.85. The van der Waals surface area contributed by atoms with Crippen LogP contribution in [0.15, 0.2) is 88.7 Å². The van der Waals surface area contributed by atoms with Crippen molar-refractivity contribution in [2.75, 3.05) is 5.32 Å². The van der Waals surface area contributed by atoms with E-state index in [9.17, 15) is 14.0 Å². The predicted octanol–water partition coefficient (Wildman–Crippen LogP) is 5.28. The molecule has 3 heterocycles. The van der Waals surface area contributed by atoms with Crippen LogP contribution in [-0.4, -0.2) is 16.7 Å². The predicted molar refractivity (Wildman–Crippen MR) is 126 cm³/mol. The SMILES string of the molecule is CC1=C(C(=O)Nc2ccc(F)cc2)[C@H](c2ccccn2)C2=C(C[C@@H](c3cccs3)CC2=O)N1. The summed E-state index contributed by atoms with van der Waals surface area (Å²) >= 11 is 1.66. The molecule has 1 aromatic carbocycles.